The van der Waals surface area contributed by atoms with Crippen LogP contribution in [0.4, 0.5) is 5.95 Å². The van der Waals surface area contributed by atoms with Crippen molar-refractivity contribution in [3.05, 3.63) is 63.6 Å². The third kappa shape index (κ3) is 2.85. The number of aromatic nitrogens is 3. The SMILES string of the molecule is CC(CO)c1nnc(N2Cc3ccccc3[C@@H]2C)n1Cc1cccs1. The van der Waals surface area contributed by atoms with Crippen molar-refractivity contribution < 1.29 is 5.11 Å². The third-order valence-corrected chi connectivity index (χ3v) is 5.80. The van der Waals surface area contributed by atoms with E-state index in [4.69, 9.17) is 0 Å². The summed E-state index contributed by atoms with van der Waals surface area (Å²) in [6, 6.07) is 13.0. The molecular weight excluding hydrogens is 332 g/mol. The summed E-state index contributed by atoms with van der Waals surface area (Å²) in [6.45, 7) is 5.84. The lowest BCUT2D eigenvalue weighted by Crippen LogP contribution is -2.24. The summed E-state index contributed by atoms with van der Waals surface area (Å²) < 4.78 is 2.16. The lowest BCUT2D eigenvalue weighted by molar-refractivity contribution is 0.266. The molecule has 6 heteroatoms. The average molecular weight is 354 g/mol. The topological polar surface area (TPSA) is 54.2 Å². The number of fused-ring (bicyclic) bond motifs is 1. The van der Waals surface area contributed by atoms with E-state index in [1.165, 1.54) is 16.0 Å². The van der Waals surface area contributed by atoms with Crippen molar-refractivity contribution in [2.75, 3.05) is 11.5 Å². The van der Waals surface area contributed by atoms with Gasteiger partial charge in [0.25, 0.3) is 0 Å². The van der Waals surface area contributed by atoms with Crippen LogP contribution in [-0.4, -0.2) is 26.5 Å². The van der Waals surface area contributed by atoms with Gasteiger partial charge in [0.15, 0.2) is 0 Å². The van der Waals surface area contributed by atoms with Crippen LogP contribution in [0, 0.1) is 0 Å². The molecule has 1 unspecified atom stereocenters. The summed E-state index contributed by atoms with van der Waals surface area (Å²) in [4.78, 5) is 3.57. The van der Waals surface area contributed by atoms with E-state index in [-0.39, 0.29) is 18.6 Å². The van der Waals surface area contributed by atoms with Gasteiger partial charge in [0.1, 0.15) is 5.82 Å². The normalized spacial score (nSPS) is 17.7. The van der Waals surface area contributed by atoms with Gasteiger partial charge in [-0.25, -0.2) is 0 Å². The Morgan fingerprint density at radius 3 is 2.80 bits per heavy atom. The van der Waals surface area contributed by atoms with Crippen LogP contribution >= 0.6 is 11.3 Å². The predicted molar refractivity (Wildman–Crippen MR) is 100.0 cm³/mol. The number of anilines is 1. The summed E-state index contributed by atoms with van der Waals surface area (Å²) in [5.74, 6) is 1.68. The number of aliphatic hydroxyl groups is 1. The molecule has 0 spiro atoms. The van der Waals surface area contributed by atoms with Crippen LogP contribution in [0.25, 0.3) is 0 Å². The number of rotatable bonds is 5. The molecule has 3 heterocycles. The van der Waals surface area contributed by atoms with E-state index in [1.54, 1.807) is 11.3 Å². The van der Waals surface area contributed by atoms with Crippen molar-refractivity contribution in [3.63, 3.8) is 0 Å². The summed E-state index contributed by atoms with van der Waals surface area (Å²) in [6.07, 6.45) is 0. The second kappa shape index (κ2) is 6.61. The van der Waals surface area contributed by atoms with Crippen molar-refractivity contribution in [2.24, 2.45) is 0 Å². The minimum atomic E-state index is -0.0403. The van der Waals surface area contributed by atoms with E-state index in [9.17, 15) is 5.11 Å². The number of nitrogens with zero attached hydrogens (tertiary/aromatic N) is 4. The largest absolute Gasteiger partial charge is 0.396 e. The lowest BCUT2D eigenvalue weighted by atomic mass is 10.1. The van der Waals surface area contributed by atoms with Gasteiger partial charge in [-0.05, 0) is 29.5 Å². The van der Waals surface area contributed by atoms with Gasteiger partial charge in [0.2, 0.25) is 5.95 Å². The molecule has 0 aliphatic carbocycles. The zero-order chi connectivity index (χ0) is 17.4. The fraction of sp³-hybridized carbons (Fsp3) is 0.368. The molecule has 1 N–H and O–H groups in total. The predicted octanol–water partition coefficient (Wildman–Crippen LogP) is 3.56. The Labute approximate surface area is 151 Å². The average Bonchev–Trinajstić information content (AvgIpc) is 3.35. The van der Waals surface area contributed by atoms with Gasteiger partial charge in [-0.2, -0.15) is 0 Å². The summed E-state index contributed by atoms with van der Waals surface area (Å²) in [5, 5.41) is 20.6. The van der Waals surface area contributed by atoms with Gasteiger partial charge in [-0.15, -0.1) is 21.5 Å². The molecule has 5 nitrogen and oxygen atoms in total. The van der Waals surface area contributed by atoms with Gasteiger partial charge in [-0.3, -0.25) is 4.57 Å². The Hall–Kier alpha value is -2.18. The Balaban J connectivity index is 1.74. The maximum atomic E-state index is 9.62. The molecule has 0 saturated heterocycles. The molecule has 2 aromatic heterocycles. The molecule has 130 valence electrons. The van der Waals surface area contributed by atoms with Gasteiger partial charge < -0.3 is 10.0 Å². The third-order valence-electron chi connectivity index (χ3n) is 4.94. The minimum absolute atomic E-state index is 0.0403. The molecule has 0 fully saturated rings. The molecule has 0 radical (unpaired) electrons. The molecule has 2 atom stereocenters. The minimum Gasteiger partial charge on any atom is -0.396 e. The summed E-state index contributed by atoms with van der Waals surface area (Å²) in [5.41, 5.74) is 2.70. The molecule has 1 aliphatic rings. The van der Waals surface area contributed by atoms with Crippen molar-refractivity contribution in [1.82, 2.24) is 14.8 Å². The van der Waals surface area contributed by atoms with Crippen LogP contribution in [0.5, 0.6) is 0 Å². The van der Waals surface area contributed by atoms with Gasteiger partial charge in [-0.1, -0.05) is 37.3 Å². The Morgan fingerprint density at radius 2 is 2.08 bits per heavy atom. The molecule has 0 bridgehead atoms. The highest BCUT2D eigenvalue weighted by Crippen LogP contribution is 2.37. The number of thiophene rings is 1. The van der Waals surface area contributed by atoms with E-state index in [2.05, 4.69) is 68.4 Å². The van der Waals surface area contributed by atoms with Gasteiger partial charge in [0.05, 0.1) is 19.2 Å². The highest BCUT2D eigenvalue weighted by molar-refractivity contribution is 7.09. The Kier molecular flexibility index (Phi) is 4.31. The van der Waals surface area contributed by atoms with Crippen molar-refractivity contribution in [1.29, 1.82) is 0 Å². The summed E-state index contributed by atoms with van der Waals surface area (Å²) >= 11 is 1.73. The summed E-state index contributed by atoms with van der Waals surface area (Å²) in [7, 11) is 0. The fourth-order valence-corrected chi connectivity index (χ4v) is 4.19. The first kappa shape index (κ1) is 16.3. The number of hydrogen-bond acceptors (Lipinski definition) is 5. The molecule has 0 amide bonds. The standard InChI is InChI=1S/C19H22N4OS/c1-13(12-24)18-20-21-19(23(18)11-16-7-5-9-25-16)22-10-15-6-3-4-8-17(15)14(22)2/h3-9,13-14,24H,10-12H2,1-2H3/t13?,14-/m0/s1. The van der Waals surface area contributed by atoms with E-state index in [0.717, 1.165) is 24.9 Å². The van der Waals surface area contributed by atoms with E-state index in [1.807, 2.05) is 6.92 Å². The van der Waals surface area contributed by atoms with Crippen molar-refractivity contribution >= 4 is 17.3 Å². The van der Waals surface area contributed by atoms with Crippen LogP contribution in [0.1, 0.15) is 47.6 Å². The maximum absolute atomic E-state index is 9.62. The smallest absolute Gasteiger partial charge is 0.228 e. The number of benzene rings is 1. The molecule has 1 aliphatic heterocycles. The zero-order valence-electron chi connectivity index (χ0n) is 14.5. The first-order chi connectivity index (χ1) is 12.2. The first-order valence-electron chi connectivity index (χ1n) is 8.59. The zero-order valence-corrected chi connectivity index (χ0v) is 15.3. The molecule has 0 saturated carbocycles. The highest BCUT2D eigenvalue weighted by atomic mass is 32.1. The monoisotopic (exact) mass is 354 g/mol. The van der Waals surface area contributed by atoms with Crippen LogP contribution < -0.4 is 4.90 Å². The van der Waals surface area contributed by atoms with Crippen LogP contribution in [0.3, 0.4) is 0 Å². The van der Waals surface area contributed by atoms with Crippen LogP contribution in [-0.2, 0) is 13.1 Å². The van der Waals surface area contributed by atoms with Crippen molar-refractivity contribution in [3.8, 4) is 0 Å². The molecule has 25 heavy (non-hydrogen) atoms. The second-order valence-electron chi connectivity index (χ2n) is 6.61. The quantitative estimate of drug-likeness (QED) is 0.761. The van der Waals surface area contributed by atoms with E-state index >= 15 is 0 Å². The first-order valence-corrected chi connectivity index (χ1v) is 9.47. The van der Waals surface area contributed by atoms with E-state index < -0.39 is 0 Å². The van der Waals surface area contributed by atoms with Crippen molar-refractivity contribution in [2.45, 2.75) is 38.9 Å². The molecule has 1 aromatic carbocycles. The maximum Gasteiger partial charge on any atom is 0.228 e. The second-order valence-corrected chi connectivity index (χ2v) is 7.64. The number of hydrogen-bond donors (Lipinski definition) is 1. The Bertz CT molecular complexity index is 858. The lowest BCUT2D eigenvalue weighted by Gasteiger charge is -2.24. The molecule has 3 aromatic rings. The molecular formula is C19H22N4OS. The van der Waals surface area contributed by atoms with Gasteiger partial charge >= 0.3 is 0 Å². The Morgan fingerprint density at radius 1 is 1.24 bits per heavy atom. The molecule has 4 rings (SSSR count). The van der Waals surface area contributed by atoms with Gasteiger partial charge in [0, 0.05) is 17.3 Å². The van der Waals surface area contributed by atoms with E-state index in [0.29, 0.717) is 0 Å². The van der Waals surface area contributed by atoms with Crippen LogP contribution in [0.2, 0.25) is 0 Å². The highest BCUT2D eigenvalue weighted by Gasteiger charge is 2.31. The van der Waals surface area contributed by atoms with Crippen LogP contribution in [0.15, 0.2) is 41.8 Å². The number of aliphatic hydroxyl groups excluding tert-OH is 1. The fourth-order valence-electron chi connectivity index (χ4n) is 3.49.